The average Bonchev–Trinajstić information content (AvgIpc) is 3.51. The minimum absolute atomic E-state index is 0.0684. The molecule has 7 nitrogen and oxygen atoms in total. The van der Waals surface area contributed by atoms with E-state index in [-0.39, 0.29) is 17.8 Å². The van der Waals surface area contributed by atoms with Crippen molar-refractivity contribution in [3.05, 3.63) is 83.3 Å². The van der Waals surface area contributed by atoms with E-state index in [0.717, 1.165) is 34.9 Å². The molecule has 37 heavy (non-hydrogen) atoms. The van der Waals surface area contributed by atoms with E-state index in [1.54, 1.807) is 19.9 Å². The van der Waals surface area contributed by atoms with Crippen LogP contribution in [-0.4, -0.2) is 44.7 Å². The van der Waals surface area contributed by atoms with Crippen molar-refractivity contribution in [3.8, 4) is 11.1 Å². The molecule has 0 radical (unpaired) electrons. The zero-order chi connectivity index (χ0) is 26.1. The Morgan fingerprint density at radius 3 is 2.65 bits per heavy atom. The number of fused-ring (bicyclic) bond motifs is 1. The van der Waals surface area contributed by atoms with E-state index < -0.39 is 24.1 Å². The molecule has 1 aromatic heterocycles. The second-order valence-electron chi connectivity index (χ2n) is 9.56. The number of rotatable bonds is 6. The summed E-state index contributed by atoms with van der Waals surface area (Å²) < 4.78 is 27.9. The maximum atomic E-state index is 13.3. The number of alkyl halides is 2. The summed E-state index contributed by atoms with van der Waals surface area (Å²) in [5, 5.41) is 17.9. The number of allylic oxidation sites excluding steroid dienone is 2. The Balaban J connectivity index is 1.53. The number of aromatic nitrogens is 2. The molecule has 0 fully saturated rings. The van der Waals surface area contributed by atoms with Crippen LogP contribution < -0.4 is 5.32 Å². The van der Waals surface area contributed by atoms with Crippen LogP contribution >= 0.6 is 0 Å². The summed E-state index contributed by atoms with van der Waals surface area (Å²) in [6.07, 6.45) is 1.95. The first kappa shape index (κ1) is 24.8. The van der Waals surface area contributed by atoms with Gasteiger partial charge in [0.05, 0.1) is 17.8 Å². The molecule has 0 aliphatic carbocycles. The van der Waals surface area contributed by atoms with Gasteiger partial charge < -0.3 is 15.3 Å². The molecule has 2 aliphatic rings. The molecule has 3 aromatic rings. The third-order valence-corrected chi connectivity index (χ3v) is 6.72. The van der Waals surface area contributed by atoms with Gasteiger partial charge in [0, 0.05) is 17.9 Å². The molecule has 2 N–H and O–H groups in total. The van der Waals surface area contributed by atoms with Crippen molar-refractivity contribution in [2.75, 3.05) is 12.0 Å². The molecule has 2 aliphatic heterocycles. The highest BCUT2D eigenvalue weighted by Crippen LogP contribution is 2.40. The summed E-state index contributed by atoms with van der Waals surface area (Å²) in [5.74, 6) is -0.521. The average molecular weight is 506 g/mol. The molecular formula is C28H29F2N5O2. The molecule has 0 saturated heterocycles. The van der Waals surface area contributed by atoms with Gasteiger partial charge in [-0.05, 0) is 61.6 Å². The number of nitrogens with one attached hydrogen (secondary N) is 1. The van der Waals surface area contributed by atoms with Crippen molar-refractivity contribution in [2.24, 2.45) is 4.99 Å². The maximum absolute atomic E-state index is 13.3. The predicted molar refractivity (Wildman–Crippen MR) is 139 cm³/mol. The van der Waals surface area contributed by atoms with Crippen LogP contribution in [0.3, 0.4) is 0 Å². The number of hydrogen-bond donors (Lipinski definition) is 2. The van der Waals surface area contributed by atoms with Crippen LogP contribution in [-0.2, 0) is 0 Å². The van der Waals surface area contributed by atoms with Crippen molar-refractivity contribution in [1.82, 2.24) is 14.7 Å². The second kappa shape index (κ2) is 10.3. The fourth-order valence-corrected chi connectivity index (χ4v) is 4.98. The maximum Gasteiger partial charge on any atom is 0.282 e. The Bertz CT molecular complexity index is 1350. The molecule has 9 heteroatoms. The van der Waals surface area contributed by atoms with Crippen molar-refractivity contribution in [2.45, 2.75) is 51.3 Å². The summed E-state index contributed by atoms with van der Waals surface area (Å²) in [7, 11) is 0. The SMILES string of the molecule is CC(C)n1nc(C(F)F)cc1C(=O)Nc1ccc([C@H]2[C@@H](O)CCC=C3C=NCN32)c(-c2ccccc2)c1. The van der Waals surface area contributed by atoms with Gasteiger partial charge >= 0.3 is 0 Å². The summed E-state index contributed by atoms with van der Waals surface area (Å²) in [4.78, 5) is 19.7. The highest BCUT2D eigenvalue weighted by atomic mass is 19.3. The van der Waals surface area contributed by atoms with Crippen LogP contribution in [0.4, 0.5) is 14.5 Å². The summed E-state index contributed by atoms with van der Waals surface area (Å²) in [6, 6.07) is 15.9. The van der Waals surface area contributed by atoms with Crippen LogP contribution in [0.15, 0.2) is 71.4 Å². The van der Waals surface area contributed by atoms with Gasteiger partial charge in [0.25, 0.3) is 12.3 Å². The molecule has 1 amide bonds. The standard InChI is InChI=1S/C28H29F2N5O2/c1-17(2)35-24(14-23(33-35)27(29)30)28(37)32-19-11-12-21(22(13-19)18-7-4-3-5-8-18)26-25(36)10-6-9-20-15-31-16-34(20)26/h3-5,7-9,11-15,17,25-27,36H,6,10,16H2,1-2H3,(H,32,37)/t25-,26-/m0/s1. The number of amides is 1. The zero-order valence-electron chi connectivity index (χ0n) is 20.7. The summed E-state index contributed by atoms with van der Waals surface area (Å²) in [5.41, 5.74) is 3.86. The Morgan fingerprint density at radius 2 is 1.92 bits per heavy atom. The van der Waals surface area contributed by atoms with Gasteiger partial charge in [-0.3, -0.25) is 14.5 Å². The highest BCUT2D eigenvalue weighted by molar-refractivity contribution is 6.03. The van der Waals surface area contributed by atoms with Gasteiger partial charge in [0.2, 0.25) is 0 Å². The lowest BCUT2D eigenvalue weighted by atomic mass is 9.89. The molecule has 0 unspecified atom stereocenters. The van der Waals surface area contributed by atoms with Crippen molar-refractivity contribution in [1.29, 1.82) is 0 Å². The first-order chi connectivity index (χ1) is 17.8. The monoisotopic (exact) mass is 505 g/mol. The number of anilines is 1. The molecule has 0 saturated carbocycles. The molecule has 0 bridgehead atoms. The zero-order valence-corrected chi connectivity index (χ0v) is 20.7. The fourth-order valence-electron chi connectivity index (χ4n) is 4.98. The smallest absolute Gasteiger partial charge is 0.282 e. The number of aliphatic hydroxyl groups excluding tert-OH is 1. The topological polar surface area (TPSA) is 82.8 Å². The molecule has 2 aromatic carbocycles. The third kappa shape index (κ3) is 4.91. The predicted octanol–water partition coefficient (Wildman–Crippen LogP) is 5.74. The van der Waals surface area contributed by atoms with Crippen LogP contribution in [0.5, 0.6) is 0 Å². The van der Waals surface area contributed by atoms with Crippen molar-refractivity contribution >= 4 is 17.8 Å². The van der Waals surface area contributed by atoms with E-state index in [1.165, 1.54) is 4.68 Å². The number of carbonyl (C=O) groups excluding carboxylic acids is 1. The summed E-state index contributed by atoms with van der Waals surface area (Å²) in [6.45, 7) is 4.03. The molecule has 5 rings (SSSR count). The Hall–Kier alpha value is -3.85. The highest BCUT2D eigenvalue weighted by Gasteiger charge is 2.34. The van der Waals surface area contributed by atoms with Crippen LogP contribution in [0.1, 0.15) is 66.9 Å². The van der Waals surface area contributed by atoms with Crippen LogP contribution in [0.25, 0.3) is 11.1 Å². The Labute approximate surface area is 214 Å². The van der Waals surface area contributed by atoms with E-state index in [0.29, 0.717) is 18.8 Å². The van der Waals surface area contributed by atoms with E-state index in [2.05, 4.69) is 26.4 Å². The quantitative estimate of drug-likeness (QED) is 0.447. The summed E-state index contributed by atoms with van der Waals surface area (Å²) >= 11 is 0. The van der Waals surface area contributed by atoms with Gasteiger partial charge in [-0.2, -0.15) is 5.10 Å². The molecule has 3 heterocycles. The number of halogens is 2. The van der Waals surface area contributed by atoms with Gasteiger partial charge in [-0.25, -0.2) is 8.78 Å². The number of hydrogen-bond acceptors (Lipinski definition) is 5. The minimum atomic E-state index is -2.77. The molecule has 192 valence electrons. The minimum Gasteiger partial charge on any atom is -0.391 e. The van der Waals surface area contributed by atoms with Gasteiger partial charge in [0.15, 0.2) is 0 Å². The lowest BCUT2D eigenvalue weighted by Gasteiger charge is -2.33. The van der Waals surface area contributed by atoms with E-state index in [9.17, 15) is 18.7 Å². The fraction of sp³-hybridized carbons (Fsp3) is 0.321. The first-order valence-electron chi connectivity index (χ1n) is 12.4. The van der Waals surface area contributed by atoms with Crippen LogP contribution in [0, 0.1) is 0 Å². The molecule has 2 atom stereocenters. The lowest BCUT2D eigenvalue weighted by Crippen LogP contribution is -2.33. The third-order valence-electron chi connectivity index (χ3n) is 6.72. The molecule has 0 spiro atoms. The Morgan fingerprint density at radius 1 is 1.14 bits per heavy atom. The number of nitrogens with zero attached hydrogens (tertiary/aromatic N) is 4. The van der Waals surface area contributed by atoms with E-state index in [4.69, 9.17) is 0 Å². The van der Waals surface area contributed by atoms with E-state index >= 15 is 0 Å². The normalized spacial score (nSPS) is 19.2. The van der Waals surface area contributed by atoms with Gasteiger partial charge in [-0.1, -0.05) is 42.5 Å². The lowest BCUT2D eigenvalue weighted by molar-refractivity contribution is 0.0738. The van der Waals surface area contributed by atoms with Gasteiger partial charge in [0.1, 0.15) is 18.1 Å². The Kier molecular flexibility index (Phi) is 6.88. The second-order valence-corrected chi connectivity index (χ2v) is 9.56. The molecular weight excluding hydrogens is 476 g/mol. The van der Waals surface area contributed by atoms with E-state index in [1.807, 2.05) is 48.7 Å². The van der Waals surface area contributed by atoms with Crippen molar-refractivity contribution < 1.29 is 18.7 Å². The largest absolute Gasteiger partial charge is 0.391 e. The van der Waals surface area contributed by atoms with Crippen molar-refractivity contribution in [3.63, 3.8) is 0 Å². The van der Waals surface area contributed by atoms with Crippen LogP contribution in [0.2, 0.25) is 0 Å². The first-order valence-corrected chi connectivity index (χ1v) is 12.4. The number of aliphatic imine (C=N–C) groups is 1. The number of benzene rings is 2. The number of carbonyl (C=O) groups is 1. The number of aliphatic hydroxyl groups is 1. The van der Waals surface area contributed by atoms with Gasteiger partial charge in [-0.15, -0.1) is 0 Å².